The highest BCUT2D eigenvalue weighted by molar-refractivity contribution is 6.32. The van der Waals surface area contributed by atoms with Gasteiger partial charge in [0.05, 0.1) is 38.1 Å². The van der Waals surface area contributed by atoms with Crippen molar-refractivity contribution in [3.63, 3.8) is 0 Å². The Labute approximate surface area is 227 Å². The van der Waals surface area contributed by atoms with Crippen LogP contribution in [0, 0.1) is 17.8 Å². The number of morpholine rings is 1. The first-order chi connectivity index (χ1) is 18.5. The molecule has 1 saturated carbocycles. The predicted octanol–water partition coefficient (Wildman–Crippen LogP) is 4.15. The molecule has 2 aromatic rings. The lowest BCUT2D eigenvalue weighted by atomic mass is 9.89. The molecule has 0 unspecified atom stereocenters. The Hall–Kier alpha value is -2.88. The molecule has 2 heterocycles. The van der Waals surface area contributed by atoms with Crippen LogP contribution in [0.3, 0.4) is 0 Å². The molecule has 10 heteroatoms. The predicted molar refractivity (Wildman–Crippen MR) is 145 cm³/mol. The molecule has 1 saturated heterocycles. The number of rotatable bonds is 7. The van der Waals surface area contributed by atoms with Crippen LogP contribution in [-0.2, 0) is 22.4 Å². The number of carboxylic acids is 1. The Bertz CT molecular complexity index is 1230. The van der Waals surface area contributed by atoms with E-state index in [0.717, 1.165) is 69.8 Å². The summed E-state index contributed by atoms with van der Waals surface area (Å²) in [6.45, 7) is 3.63. The minimum Gasteiger partial charge on any atom is -0.494 e. The Balaban J connectivity index is 1.21. The van der Waals surface area contributed by atoms with Gasteiger partial charge in [-0.25, -0.2) is 4.98 Å². The van der Waals surface area contributed by atoms with Crippen molar-refractivity contribution in [2.24, 2.45) is 17.8 Å². The highest BCUT2D eigenvalue weighted by atomic mass is 35.5. The molecule has 3 N–H and O–H groups in total. The number of aromatic nitrogens is 2. The molecule has 2 fully saturated rings. The third-order valence-corrected chi connectivity index (χ3v) is 8.91. The minimum absolute atomic E-state index is 0.0416. The molecule has 1 aliphatic heterocycles. The van der Waals surface area contributed by atoms with Gasteiger partial charge in [-0.05, 0) is 61.1 Å². The summed E-state index contributed by atoms with van der Waals surface area (Å²) in [6.07, 6.45) is 10.7. The maximum absolute atomic E-state index is 11.9. The van der Waals surface area contributed by atoms with Crippen molar-refractivity contribution in [1.29, 1.82) is 0 Å². The number of ether oxygens (including phenoxy) is 2. The van der Waals surface area contributed by atoms with E-state index in [0.29, 0.717) is 22.8 Å². The van der Waals surface area contributed by atoms with Gasteiger partial charge in [0.25, 0.3) is 0 Å². The van der Waals surface area contributed by atoms with Crippen molar-refractivity contribution in [3.05, 3.63) is 46.6 Å². The van der Waals surface area contributed by atoms with Crippen molar-refractivity contribution >= 4 is 35.0 Å². The normalized spacial score (nSPS) is 28.5. The molecule has 5 atom stereocenters. The summed E-state index contributed by atoms with van der Waals surface area (Å²) in [4.78, 5) is 23.5. The van der Waals surface area contributed by atoms with Crippen molar-refractivity contribution < 1.29 is 19.4 Å². The number of nitrogens with one attached hydrogen (secondary N) is 2. The molecule has 3 aliphatic carbocycles. The van der Waals surface area contributed by atoms with Crippen molar-refractivity contribution in [2.45, 2.75) is 44.2 Å². The number of anilines is 3. The van der Waals surface area contributed by atoms with Gasteiger partial charge in [-0.3, -0.25) is 9.69 Å². The molecule has 1 aromatic heterocycles. The third kappa shape index (κ3) is 4.83. The van der Waals surface area contributed by atoms with Crippen LogP contribution in [0.4, 0.5) is 17.5 Å². The van der Waals surface area contributed by atoms with Gasteiger partial charge in [0.2, 0.25) is 5.95 Å². The van der Waals surface area contributed by atoms with Crippen LogP contribution in [-0.4, -0.2) is 71.4 Å². The molecule has 1 aromatic carbocycles. The van der Waals surface area contributed by atoms with E-state index in [4.69, 9.17) is 21.1 Å². The van der Waals surface area contributed by atoms with Crippen LogP contribution >= 0.6 is 11.6 Å². The standard InChI is InChI=1S/C28H34ClN5O4/c1-37-25-20-8-7-19(34-10-12-38-13-11-34)6-4-16(20)5-9-22(25)31-28-30-15-21(29)26(33-28)32-24-18-3-2-17(14-18)23(24)27(35)36/h2-3,5,9,15,17-19,23-24H,4,6-8,10-14H2,1H3,(H,35,36)(H2,30,31,32,33)/t17-,18+,19-,23+,24-/m1/s1. The first-order valence-corrected chi connectivity index (χ1v) is 13.9. The maximum Gasteiger partial charge on any atom is 0.309 e. The average molecular weight is 540 g/mol. The zero-order chi connectivity index (χ0) is 26.2. The van der Waals surface area contributed by atoms with Crippen LogP contribution in [0.1, 0.15) is 30.4 Å². The van der Waals surface area contributed by atoms with Gasteiger partial charge in [-0.2, -0.15) is 4.98 Å². The monoisotopic (exact) mass is 539 g/mol. The van der Waals surface area contributed by atoms with Crippen LogP contribution in [0.5, 0.6) is 5.75 Å². The van der Waals surface area contributed by atoms with Crippen LogP contribution in [0.2, 0.25) is 5.02 Å². The lowest BCUT2D eigenvalue weighted by Gasteiger charge is -2.34. The number of fused-ring (bicyclic) bond motifs is 3. The summed E-state index contributed by atoms with van der Waals surface area (Å²) in [5.41, 5.74) is 3.36. The Morgan fingerprint density at radius 2 is 1.97 bits per heavy atom. The number of methoxy groups -OCH3 is 1. The fourth-order valence-corrected chi connectivity index (χ4v) is 6.90. The molecule has 0 spiro atoms. The first kappa shape index (κ1) is 25.4. The molecule has 6 rings (SSSR count). The van der Waals surface area contributed by atoms with E-state index in [1.807, 2.05) is 12.1 Å². The topological polar surface area (TPSA) is 109 Å². The van der Waals surface area contributed by atoms with Gasteiger partial charge in [0.1, 0.15) is 10.8 Å². The van der Waals surface area contributed by atoms with E-state index in [-0.39, 0.29) is 17.9 Å². The lowest BCUT2D eigenvalue weighted by Crippen LogP contribution is -2.43. The second-order valence-electron chi connectivity index (χ2n) is 10.7. The van der Waals surface area contributed by atoms with Gasteiger partial charge in [0, 0.05) is 25.2 Å². The Kier molecular flexibility index (Phi) is 7.16. The molecule has 202 valence electrons. The second kappa shape index (κ2) is 10.7. The highest BCUT2D eigenvalue weighted by Crippen LogP contribution is 2.45. The SMILES string of the molecule is COc1c(Nc2ncc(Cl)c(N[C@H]3[C@@H](C(=O)O)[C@@H]4C=C[C@H]3C4)n2)ccc2c1CC[C@H](N1CCOCC1)CC2. The number of benzene rings is 1. The largest absolute Gasteiger partial charge is 0.494 e. The molecule has 9 nitrogen and oxygen atoms in total. The summed E-state index contributed by atoms with van der Waals surface area (Å²) in [5.74, 6) is 0.521. The van der Waals surface area contributed by atoms with Crippen molar-refractivity contribution in [3.8, 4) is 5.75 Å². The number of aryl methyl sites for hydroxylation is 1. The van der Waals surface area contributed by atoms with Crippen molar-refractivity contribution in [2.75, 3.05) is 44.0 Å². The zero-order valence-corrected chi connectivity index (χ0v) is 22.3. The van der Waals surface area contributed by atoms with Crippen LogP contribution in [0.25, 0.3) is 0 Å². The zero-order valence-electron chi connectivity index (χ0n) is 21.5. The van der Waals surface area contributed by atoms with Crippen LogP contribution in [0.15, 0.2) is 30.5 Å². The number of nitrogens with zero attached hydrogens (tertiary/aromatic N) is 3. The number of allylic oxidation sites excluding steroid dienone is 1. The number of hydrogen-bond donors (Lipinski definition) is 3. The van der Waals surface area contributed by atoms with Gasteiger partial charge in [-0.15, -0.1) is 0 Å². The first-order valence-electron chi connectivity index (χ1n) is 13.5. The van der Waals surface area contributed by atoms with E-state index >= 15 is 0 Å². The summed E-state index contributed by atoms with van der Waals surface area (Å²) in [6, 6.07) is 4.50. The quantitative estimate of drug-likeness (QED) is 0.353. The summed E-state index contributed by atoms with van der Waals surface area (Å²) < 4.78 is 11.5. The molecule has 0 amide bonds. The van der Waals surface area contributed by atoms with Gasteiger partial charge in [-0.1, -0.05) is 29.8 Å². The molecule has 4 aliphatic rings. The molecule has 38 heavy (non-hydrogen) atoms. The summed E-state index contributed by atoms with van der Waals surface area (Å²) >= 11 is 6.44. The number of hydrogen-bond acceptors (Lipinski definition) is 8. The van der Waals surface area contributed by atoms with E-state index in [1.165, 1.54) is 11.1 Å². The number of carbonyl (C=O) groups is 1. The Morgan fingerprint density at radius 1 is 1.18 bits per heavy atom. The molecular weight excluding hydrogens is 506 g/mol. The number of halogens is 1. The highest BCUT2D eigenvalue weighted by Gasteiger charge is 2.48. The fraction of sp³-hybridized carbons (Fsp3) is 0.536. The van der Waals surface area contributed by atoms with Gasteiger partial charge >= 0.3 is 5.97 Å². The smallest absolute Gasteiger partial charge is 0.309 e. The fourth-order valence-electron chi connectivity index (χ4n) is 6.76. The third-order valence-electron chi connectivity index (χ3n) is 8.64. The lowest BCUT2D eigenvalue weighted by molar-refractivity contribution is -0.142. The molecule has 2 bridgehead atoms. The summed E-state index contributed by atoms with van der Waals surface area (Å²) in [5, 5.41) is 16.8. The summed E-state index contributed by atoms with van der Waals surface area (Å²) in [7, 11) is 1.70. The maximum atomic E-state index is 11.9. The second-order valence-corrected chi connectivity index (χ2v) is 11.1. The van der Waals surface area contributed by atoms with Gasteiger partial charge in [0.15, 0.2) is 5.82 Å². The number of carboxylic acid groups (broad SMARTS) is 1. The number of aliphatic carboxylic acids is 1. The molecule has 0 radical (unpaired) electrons. The minimum atomic E-state index is -0.798. The van der Waals surface area contributed by atoms with Crippen LogP contribution < -0.4 is 15.4 Å². The Morgan fingerprint density at radius 3 is 2.76 bits per heavy atom. The van der Waals surface area contributed by atoms with E-state index < -0.39 is 11.9 Å². The average Bonchev–Trinajstić information content (AvgIpc) is 3.46. The van der Waals surface area contributed by atoms with Gasteiger partial charge < -0.3 is 25.2 Å². The van der Waals surface area contributed by atoms with Crippen molar-refractivity contribution in [1.82, 2.24) is 14.9 Å². The van der Waals surface area contributed by atoms with E-state index in [9.17, 15) is 9.90 Å². The van der Waals surface area contributed by atoms with E-state index in [2.05, 4.69) is 37.6 Å². The van der Waals surface area contributed by atoms with E-state index in [1.54, 1.807) is 13.3 Å². The molecular formula is C28H34ClN5O4.